The molecule has 4 nitrogen and oxygen atoms in total. The summed E-state index contributed by atoms with van der Waals surface area (Å²) in [4.78, 5) is 0. The highest BCUT2D eigenvalue weighted by atomic mass is 79.9. The number of halogens is 3. The van der Waals surface area contributed by atoms with Gasteiger partial charge in [-0.3, -0.25) is 0 Å². The van der Waals surface area contributed by atoms with Gasteiger partial charge in [0.15, 0.2) is 11.6 Å². The Labute approximate surface area is 130 Å². The summed E-state index contributed by atoms with van der Waals surface area (Å²) in [6.45, 7) is -0.00373. The van der Waals surface area contributed by atoms with Crippen LogP contribution in [0.25, 0.3) is 0 Å². The number of benzene rings is 1. The highest BCUT2D eigenvalue weighted by Crippen LogP contribution is 2.40. The number of hydrogen-bond donors (Lipinski definition) is 1. The van der Waals surface area contributed by atoms with E-state index in [1.165, 1.54) is 6.07 Å². The molecule has 0 aromatic heterocycles. The van der Waals surface area contributed by atoms with Crippen molar-refractivity contribution < 1.29 is 21.9 Å². The van der Waals surface area contributed by atoms with E-state index in [1.807, 2.05) is 0 Å². The van der Waals surface area contributed by atoms with E-state index in [0.29, 0.717) is 17.3 Å². The monoisotopic (exact) mass is 383 g/mol. The number of ether oxygens (including phenoxy) is 1. The second kappa shape index (κ2) is 6.18. The molecule has 1 aromatic rings. The molecule has 1 saturated carbocycles. The van der Waals surface area contributed by atoms with Gasteiger partial charge < -0.3 is 4.74 Å². The van der Waals surface area contributed by atoms with Crippen molar-refractivity contribution in [3.05, 3.63) is 28.2 Å². The normalized spacial score (nSPS) is 17.9. The zero-order chi connectivity index (χ0) is 15.7. The molecule has 1 fully saturated rings. The molecular formula is C13H16BrF2NO3S. The predicted octanol–water partition coefficient (Wildman–Crippen LogP) is 2.96. The van der Waals surface area contributed by atoms with Gasteiger partial charge in [-0.1, -0.05) is 28.8 Å². The fraction of sp³-hybridized carbons (Fsp3) is 0.538. The van der Waals surface area contributed by atoms with E-state index in [9.17, 15) is 17.2 Å². The van der Waals surface area contributed by atoms with Gasteiger partial charge in [-0.2, -0.15) is 4.39 Å². The molecule has 0 bridgehead atoms. The van der Waals surface area contributed by atoms with E-state index in [1.54, 1.807) is 0 Å². The van der Waals surface area contributed by atoms with Gasteiger partial charge in [0.1, 0.15) is 0 Å². The molecule has 2 N–H and O–H groups in total. The van der Waals surface area contributed by atoms with Crippen molar-refractivity contribution in [2.75, 3.05) is 12.4 Å². The second-order valence-corrected chi connectivity index (χ2v) is 8.03. The zero-order valence-electron chi connectivity index (χ0n) is 11.2. The predicted molar refractivity (Wildman–Crippen MR) is 78.4 cm³/mol. The maximum absolute atomic E-state index is 13.7. The van der Waals surface area contributed by atoms with Crippen LogP contribution in [0.3, 0.4) is 0 Å². The Morgan fingerprint density at radius 1 is 1.29 bits per heavy atom. The summed E-state index contributed by atoms with van der Waals surface area (Å²) in [5.41, 5.74) is -0.626. The largest absolute Gasteiger partial charge is 0.490 e. The standard InChI is InChI=1S/C13H16BrF2NO3S/c14-9-5-10(15)12(16)11(6-9)20-7-13(3-1-2-4-13)8-21(17,18)19/h5-6H,1-4,7-8H2,(H2,17,18,19). The lowest BCUT2D eigenvalue weighted by molar-refractivity contribution is 0.164. The first-order valence-corrected chi connectivity index (χ1v) is 8.99. The highest BCUT2D eigenvalue weighted by molar-refractivity contribution is 9.10. The molecule has 0 atom stereocenters. The van der Waals surface area contributed by atoms with E-state index < -0.39 is 27.1 Å². The molecule has 0 radical (unpaired) electrons. The Morgan fingerprint density at radius 3 is 2.48 bits per heavy atom. The van der Waals surface area contributed by atoms with Crippen molar-refractivity contribution in [3.63, 3.8) is 0 Å². The Balaban J connectivity index is 2.16. The first-order valence-electron chi connectivity index (χ1n) is 6.49. The van der Waals surface area contributed by atoms with Crippen LogP contribution in [0.2, 0.25) is 0 Å². The van der Waals surface area contributed by atoms with Gasteiger partial charge in [-0.15, -0.1) is 0 Å². The van der Waals surface area contributed by atoms with Crippen LogP contribution in [0.4, 0.5) is 8.78 Å². The third-order valence-electron chi connectivity index (χ3n) is 3.67. The van der Waals surface area contributed by atoms with Crippen molar-refractivity contribution in [3.8, 4) is 5.75 Å². The van der Waals surface area contributed by atoms with Crippen LogP contribution >= 0.6 is 15.9 Å². The third kappa shape index (κ3) is 4.37. The SMILES string of the molecule is NS(=O)(=O)CC1(COc2cc(Br)cc(F)c2F)CCCC1. The van der Waals surface area contributed by atoms with Crippen LogP contribution in [0.15, 0.2) is 16.6 Å². The summed E-state index contributed by atoms with van der Waals surface area (Å²) >= 11 is 3.06. The lowest BCUT2D eigenvalue weighted by Crippen LogP contribution is -2.36. The van der Waals surface area contributed by atoms with Crippen molar-refractivity contribution in [1.82, 2.24) is 0 Å². The minimum absolute atomic E-state index is 0.00373. The minimum Gasteiger partial charge on any atom is -0.490 e. The van der Waals surface area contributed by atoms with E-state index in [4.69, 9.17) is 9.88 Å². The maximum Gasteiger partial charge on any atom is 0.209 e. The first-order chi connectivity index (χ1) is 9.71. The maximum atomic E-state index is 13.7. The van der Waals surface area contributed by atoms with Gasteiger partial charge in [0, 0.05) is 9.89 Å². The molecule has 0 aliphatic heterocycles. The molecule has 0 unspecified atom stereocenters. The van der Waals surface area contributed by atoms with Crippen LogP contribution < -0.4 is 9.88 Å². The summed E-state index contributed by atoms with van der Waals surface area (Å²) in [6, 6.07) is 2.32. The van der Waals surface area contributed by atoms with Crippen molar-refractivity contribution in [2.45, 2.75) is 25.7 Å². The number of hydrogen-bond acceptors (Lipinski definition) is 3. The third-order valence-corrected chi connectivity index (χ3v) is 5.14. The molecule has 1 aliphatic rings. The molecule has 0 spiro atoms. The average molecular weight is 384 g/mol. The van der Waals surface area contributed by atoms with Gasteiger partial charge in [0.2, 0.25) is 15.8 Å². The molecular weight excluding hydrogens is 368 g/mol. The van der Waals surface area contributed by atoms with E-state index in [2.05, 4.69) is 15.9 Å². The average Bonchev–Trinajstić information content (AvgIpc) is 2.78. The molecule has 1 aromatic carbocycles. The quantitative estimate of drug-likeness (QED) is 0.794. The molecule has 118 valence electrons. The van der Waals surface area contributed by atoms with E-state index in [-0.39, 0.29) is 18.1 Å². The molecule has 0 heterocycles. The lowest BCUT2D eigenvalue weighted by atomic mass is 9.90. The number of nitrogens with two attached hydrogens (primary N) is 1. The first kappa shape index (κ1) is 16.6. The summed E-state index contributed by atoms with van der Waals surface area (Å²) in [7, 11) is -3.65. The summed E-state index contributed by atoms with van der Waals surface area (Å²) in [5, 5.41) is 5.12. The fourth-order valence-electron chi connectivity index (χ4n) is 2.75. The Kier molecular flexibility index (Phi) is 4.89. The van der Waals surface area contributed by atoms with Crippen LogP contribution in [0.1, 0.15) is 25.7 Å². The summed E-state index contributed by atoms with van der Waals surface area (Å²) in [5.74, 6) is -2.55. The van der Waals surface area contributed by atoms with E-state index in [0.717, 1.165) is 18.9 Å². The Bertz CT molecular complexity index is 631. The summed E-state index contributed by atoms with van der Waals surface area (Å²) < 4.78 is 55.4. The van der Waals surface area contributed by atoms with Gasteiger partial charge >= 0.3 is 0 Å². The van der Waals surface area contributed by atoms with E-state index >= 15 is 0 Å². The van der Waals surface area contributed by atoms with Crippen molar-refractivity contribution in [2.24, 2.45) is 10.6 Å². The molecule has 21 heavy (non-hydrogen) atoms. The van der Waals surface area contributed by atoms with Gasteiger partial charge in [0.25, 0.3) is 0 Å². The number of sulfonamides is 1. The topological polar surface area (TPSA) is 69.4 Å². The molecule has 0 amide bonds. The van der Waals surface area contributed by atoms with Crippen LogP contribution in [-0.4, -0.2) is 20.8 Å². The van der Waals surface area contributed by atoms with Crippen molar-refractivity contribution in [1.29, 1.82) is 0 Å². The van der Waals surface area contributed by atoms with Gasteiger partial charge in [-0.25, -0.2) is 17.9 Å². The van der Waals surface area contributed by atoms with Crippen LogP contribution in [-0.2, 0) is 10.0 Å². The highest BCUT2D eigenvalue weighted by Gasteiger charge is 2.38. The van der Waals surface area contributed by atoms with Crippen molar-refractivity contribution >= 4 is 26.0 Å². The second-order valence-electron chi connectivity index (χ2n) is 5.50. The number of primary sulfonamides is 1. The number of rotatable bonds is 5. The van der Waals surface area contributed by atoms with Gasteiger partial charge in [0.05, 0.1) is 12.4 Å². The Hall–Kier alpha value is -0.730. The fourth-order valence-corrected chi connectivity index (χ4v) is 4.38. The summed E-state index contributed by atoms with van der Waals surface area (Å²) in [6.07, 6.45) is 3.02. The zero-order valence-corrected chi connectivity index (χ0v) is 13.6. The smallest absolute Gasteiger partial charge is 0.209 e. The van der Waals surface area contributed by atoms with Gasteiger partial charge in [-0.05, 0) is 25.0 Å². The lowest BCUT2D eigenvalue weighted by Gasteiger charge is -2.27. The Morgan fingerprint density at radius 2 is 1.90 bits per heavy atom. The van der Waals surface area contributed by atoms with Crippen LogP contribution in [0.5, 0.6) is 5.75 Å². The van der Waals surface area contributed by atoms with Crippen LogP contribution in [0, 0.1) is 17.0 Å². The minimum atomic E-state index is -3.65. The molecule has 2 rings (SSSR count). The molecule has 1 aliphatic carbocycles. The molecule has 8 heteroatoms. The molecule has 0 saturated heterocycles.